The summed E-state index contributed by atoms with van der Waals surface area (Å²) in [5.74, 6) is 0. The Balaban J connectivity index is 1.28. The fourth-order valence-electron chi connectivity index (χ4n) is 3.00. The van der Waals surface area contributed by atoms with Crippen molar-refractivity contribution in [3.05, 3.63) is 62.2 Å². The van der Waals surface area contributed by atoms with Gasteiger partial charge in [0.15, 0.2) is 0 Å². The molecule has 144 valence electrons. The predicted octanol–water partition coefficient (Wildman–Crippen LogP) is 7.86. The molecule has 0 amide bonds. The lowest BCUT2D eigenvalue weighted by Crippen LogP contribution is -2.09. The Hall–Kier alpha value is 1.20. The summed E-state index contributed by atoms with van der Waals surface area (Å²) >= 11 is 21.4. The van der Waals surface area contributed by atoms with Crippen LogP contribution in [0.5, 0.6) is 0 Å². The van der Waals surface area contributed by atoms with Gasteiger partial charge in [0.1, 0.15) is 24.4 Å². The van der Waals surface area contributed by atoms with E-state index >= 15 is 0 Å². The maximum Gasteiger partial charge on any atom is 0.114 e. The summed E-state index contributed by atoms with van der Waals surface area (Å²) < 4.78 is 23.6. The molecule has 2 aromatic carbocycles. The number of rotatable bonds is 6. The molecule has 2 fully saturated rings. The first-order valence-electron chi connectivity index (χ1n) is 8.02. The summed E-state index contributed by atoms with van der Waals surface area (Å²) in [5.41, 5.74) is 2.24. The van der Waals surface area contributed by atoms with E-state index < -0.39 is 0 Å². The van der Waals surface area contributed by atoms with Crippen molar-refractivity contribution in [2.45, 2.75) is 24.4 Å². The number of epoxide rings is 2. The molecule has 0 radical (unpaired) electrons. The maximum absolute atomic E-state index is 5.86. The largest absolute Gasteiger partial charge is 0.376 e. The van der Waals surface area contributed by atoms with Crippen molar-refractivity contribution in [3.8, 4) is 0 Å². The van der Waals surface area contributed by atoms with Crippen molar-refractivity contribution in [1.29, 1.82) is 0 Å². The minimum atomic E-state index is 0.0486. The number of halogens is 6. The second-order valence-corrected chi connectivity index (χ2v) is 11.5. The highest BCUT2D eigenvalue weighted by Gasteiger charge is 2.45. The van der Waals surface area contributed by atoms with Gasteiger partial charge in [-0.25, -0.2) is 0 Å². The summed E-state index contributed by atoms with van der Waals surface area (Å²) in [5, 5.41) is 0. The van der Waals surface area contributed by atoms with Crippen molar-refractivity contribution in [2.24, 2.45) is 0 Å². The first-order chi connectivity index (χ1) is 12.8. The van der Waals surface area contributed by atoms with Gasteiger partial charge in [-0.15, -0.1) is 0 Å². The van der Waals surface area contributed by atoms with Gasteiger partial charge in [-0.1, -0.05) is 95.6 Å². The molecule has 3 nitrogen and oxygen atoms in total. The normalized spacial score (nSPS) is 26.3. The number of hydrogen-bond acceptors (Lipinski definition) is 3. The Morgan fingerprint density at radius 2 is 0.963 bits per heavy atom. The highest BCUT2D eigenvalue weighted by atomic mass is 79.9. The molecule has 0 N–H and O–H groups in total. The van der Waals surface area contributed by atoms with Crippen LogP contribution in [0.4, 0.5) is 0 Å². The Kier molecular flexibility index (Phi) is 6.94. The van der Waals surface area contributed by atoms with Gasteiger partial charge in [0.2, 0.25) is 0 Å². The smallest absolute Gasteiger partial charge is 0.114 e. The summed E-state index contributed by atoms with van der Waals surface area (Å²) in [6.07, 6.45) is 0.240. The zero-order chi connectivity index (χ0) is 19.3. The van der Waals surface area contributed by atoms with Gasteiger partial charge in [0, 0.05) is 38.0 Å². The van der Waals surface area contributed by atoms with Crippen LogP contribution in [-0.4, -0.2) is 25.4 Å². The van der Waals surface area contributed by atoms with Gasteiger partial charge in [-0.2, -0.15) is 0 Å². The summed E-state index contributed by atoms with van der Waals surface area (Å²) in [4.78, 5) is 0. The Labute approximate surface area is 207 Å². The maximum atomic E-state index is 5.86. The van der Waals surface area contributed by atoms with Crippen LogP contribution in [0.15, 0.2) is 51.1 Å². The van der Waals surface area contributed by atoms with Crippen molar-refractivity contribution in [1.82, 2.24) is 0 Å². The van der Waals surface area contributed by atoms with E-state index in [4.69, 9.17) is 14.2 Å². The summed E-state index contributed by atoms with van der Waals surface area (Å²) in [6.45, 7) is 1.10. The van der Waals surface area contributed by atoms with Gasteiger partial charge in [0.05, 0.1) is 13.2 Å². The number of benzene rings is 2. The highest BCUT2D eigenvalue weighted by Crippen LogP contribution is 2.48. The van der Waals surface area contributed by atoms with Crippen molar-refractivity contribution in [3.63, 3.8) is 0 Å². The molecule has 4 atom stereocenters. The molecule has 2 heterocycles. The van der Waals surface area contributed by atoms with Crippen molar-refractivity contribution < 1.29 is 14.2 Å². The average Bonchev–Trinajstić information content (AvgIpc) is 3.44. The van der Waals surface area contributed by atoms with E-state index in [1.165, 1.54) is 0 Å². The van der Waals surface area contributed by atoms with Crippen LogP contribution in [0.2, 0.25) is 0 Å². The van der Waals surface area contributed by atoms with E-state index in [2.05, 4.69) is 95.6 Å². The lowest BCUT2D eigenvalue weighted by molar-refractivity contribution is 0.102. The highest BCUT2D eigenvalue weighted by molar-refractivity contribution is 9.12. The molecule has 0 bridgehead atoms. The first-order valence-corrected chi connectivity index (χ1v) is 12.8. The quantitative estimate of drug-likeness (QED) is 0.282. The molecule has 2 aromatic rings. The van der Waals surface area contributed by atoms with Gasteiger partial charge < -0.3 is 14.2 Å². The van der Waals surface area contributed by atoms with Gasteiger partial charge in [0.25, 0.3) is 0 Å². The van der Waals surface area contributed by atoms with Gasteiger partial charge >= 0.3 is 0 Å². The van der Waals surface area contributed by atoms with E-state index in [0.717, 1.165) is 38.0 Å². The second kappa shape index (κ2) is 8.75. The van der Waals surface area contributed by atoms with Crippen LogP contribution < -0.4 is 0 Å². The molecular weight excluding hydrogens is 744 g/mol. The first kappa shape index (κ1) is 21.4. The predicted molar refractivity (Wildman–Crippen MR) is 125 cm³/mol. The Morgan fingerprint density at radius 1 is 0.630 bits per heavy atom. The summed E-state index contributed by atoms with van der Waals surface area (Å²) in [6, 6.07) is 8.10. The van der Waals surface area contributed by atoms with E-state index in [1.54, 1.807) is 0 Å². The monoisotopic (exact) mass is 750 g/mol. The Bertz CT molecular complexity index is 772. The number of ether oxygens (including phenoxy) is 3. The molecule has 0 spiro atoms. The van der Waals surface area contributed by atoms with E-state index in [0.29, 0.717) is 13.2 Å². The molecule has 4 rings (SSSR count). The molecule has 2 saturated heterocycles. The third-order valence-electron chi connectivity index (χ3n) is 4.39. The van der Waals surface area contributed by atoms with E-state index in [9.17, 15) is 0 Å². The SMILES string of the molecule is Brc1cc(Br)c(C2OC2COCC2OC2c2c(Br)cc(Br)cc2Br)c(Br)c1. The molecular formula is C18H12Br6O3. The van der Waals surface area contributed by atoms with Gasteiger partial charge in [-0.3, -0.25) is 0 Å². The minimum Gasteiger partial charge on any atom is -0.376 e. The van der Waals surface area contributed by atoms with Crippen LogP contribution in [0.3, 0.4) is 0 Å². The molecule has 9 heteroatoms. The van der Waals surface area contributed by atoms with Crippen molar-refractivity contribution in [2.75, 3.05) is 13.2 Å². The van der Waals surface area contributed by atoms with Crippen molar-refractivity contribution >= 4 is 95.6 Å². The van der Waals surface area contributed by atoms with Gasteiger partial charge in [-0.05, 0) is 24.3 Å². The summed E-state index contributed by atoms with van der Waals surface area (Å²) in [7, 11) is 0. The lowest BCUT2D eigenvalue weighted by atomic mass is 10.1. The van der Waals surface area contributed by atoms with Crippen LogP contribution in [0, 0.1) is 0 Å². The third-order valence-corrected chi connectivity index (χ3v) is 7.93. The van der Waals surface area contributed by atoms with Crippen LogP contribution >= 0.6 is 95.6 Å². The van der Waals surface area contributed by atoms with Crippen LogP contribution in [-0.2, 0) is 14.2 Å². The molecule has 0 aromatic heterocycles. The lowest BCUT2D eigenvalue weighted by Gasteiger charge is -2.06. The number of hydrogen-bond donors (Lipinski definition) is 0. The molecule has 27 heavy (non-hydrogen) atoms. The third kappa shape index (κ3) is 4.93. The molecule has 0 aliphatic carbocycles. The zero-order valence-corrected chi connectivity index (χ0v) is 23.0. The van der Waals surface area contributed by atoms with E-state index in [1.807, 2.05) is 24.3 Å². The topological polar surface area (TPSA) is 34.3 Å². The van der Waals surface area contributed by atoms with Crippen LogP contribution in [0.25, 0.3) is 0 Å². The fourth-order valence-corrected chi connectivity index (χ4v) is 8.42. The minimum absolute atomic E-state index is 0.0486. The van der Waals surface area contributed by atoms with E-state index in [-0.39, 0.29) is 24.4 Å². The molecule has 2 aliphatic heterocycles. The standard InChI is InChI=1S/C18H12Br6O3/c19-7-1-9(21)15(10(22)2-7)17-13(26-17)5-25-6-14-18(27-14)16-11(23)3-8(20)4-12(16)24/h1-4,13-14,17-18H,5-6H2. The Morgan fingerprint density at radius 3 is 1.30 bits per heavy atom. The average molecular weight is 756 g/mol. The molecule has 2 aliphatic rings. The fraction of sp³-hybridized carbons (Fsp3) is 0.333. The van der Waals surface area contributed by atoms with Crippen LogP contribution in [0.1, 0.15) is 23.3 Å². The zero-order valence-electron chi connectivity index (χ0n) is 13.5. The molecule has 4 unspecified atom stereocenters. The second-order valence-electron chi connectivity index (χ2n) is 6.29. The molecule has 0 saturated carbocycles.